The molecule has 9 aromatic carbocycles. The zero-order valence-electron chi connectivity index (χ0n) is 35.6. The van der Waals surface area contributed by atoms with E-state index in [-0.39, 0.29) is 0 Å². The molecular formula is C61H42N2OS. The third-order valence-electron chi connectivity index (χ3n) is 13.6. The highest BCUT2D eigenvalue weighted by Gasteiger charge is 2.52. The van der Waals surface area contributed by atoms with Crippen LogP contribution >= 0.6 is 11.3 Å². The number of nitrogens with zero attached hydrogens (tertiary/aromatic N) is 2. The molecule has 3 nitrogen and oxygen atoms in total. The van der Waals surface area contributed by atoms with Crippen LogP contribution in [0.25, 0.3) is 42.4 Å². The van der Waals surface area contributed by atoms with Gasteiger partial charge in [0.2, 0.25) is 0 Å². The molecule has 10 aromatic rings. The molecule has 0 fully saturated rings. The van der Waals surface area contributed by atoms with Crippen LogP contribution in [0.5, 0.6) is 5.75 Å². The second-order valence-corrected chi connectivity index (χ2v) is 18.1. The first-order valence-electron chi connectivity index (χ1n) is 22.5. The maximum absolute atomic E-state index is 6.64. The fourth-order valence-electron chi connectivity index (χ4n) is 10.9. The summed E-state index contributed by atoms with van der Waals surface area (Å²) in [5.41, 5.74) is 16.6. The highest BCUT2D eigenvalue weighted by atomic mass is 32.1. The molecule has 0 bridgehead atoms. The van der Waals surface area contributed by atoms with Crippen molar-refractivity contribution in [3.05, 3.63) is 259 Å². The molecule has 2 heterocycles. The summed E-state index contributed by atoms with van der Waals surface area (Å²) in [6, 6.07) is 79.6. The zero-order chi connectivity index (χ0) is 42.9. The van der Waals surface area contributed by atoms with E-state index >= 15 is 0 Å². The molecule has 1 aliphatic heterocycles. The van der Waals surface area contributed by atoms with E-state index in [9.17, 15) is 0 Å². The summed E-state index contributed by atoms with van der Waals surface area (Å²) in [6.07, 6.45) is 6.39. The molecule has 1 aromatic heterocycles. The number of ether oxygens (including phenoxy) is 1. The van der Waals surface area contributed by atoms with Gasteiger partial charge in [0.1, 0.15) is 11.5 Å². The highest BCUT2D eigenvalue weighted by Crippen LogP contribution is 2.62. The Morgan fingerprint density at radius 2 is 1.00 bits per heavy atom. The number of rotatable bonds is 7. The van der Waals surface area contributed by atoms with Crippen molar-refractivity contribution in [3.63, 3.8) is 0 Å². The molecule has 65 heavy (non-hydrogen) atoms. The van der Waals surface area contributed by atoms with E-state index in [2.05, 4.69) is 240 Å². The number of hydrogen-bond donors (Lipinski definition) is 0. The molecule has 3 aliphatic rings. The van der Waals surface area contributed by atoms with E-state index in [1.807, 2.05) is 11.3 Å². The van der Waals surface area contributed by atoms with Crippen molar-refractivity contribution in [2.24, 2.45) is 0 Å². The van der Waals surface area contributed by atoms with Gasteiger partial charge in [0.15, 0.2) is 0 Å². The molecule has 13 rings (SSSR count). The zero-order valence-corrected chi connectivity index (χ0v) is 36.4. The lowest BCUT2D eigenvalue weighted by molar-refractivity contribution is 0.389. The van der Waals surface area contributed by atoms with Gasteiger partial charge < -0.3 is 14.5 Å². The van der Waals surface area contributed by atoms with E-state index in [4.69, 9.17) is 4.74 Å². The Kier molecular flexibility index (Phi) is 8.75. The lowest BCUT2D eigenvalue weighted by Gasteiger charge is -2.41. The monoisotopic (exact) mass is 850 g/mol. The lowest BCUT2D eigenvalue weighted by atomic mass is 9.64. The number of benzene rings is 9. The molecule has 0 amide bonds. The summed E-state index contributed by atoms with van der Waals surface area (Å²) < 4.78 is 9.20. The largest absolute Gasteiger partial charge is 0.457 e. The Hall–Kier alpha value is -7.92. The minimum Gasteiger partial charge on any atom is -0.457 e. The quantitative estimate of drug-likeness (QED) is 0.159. The van der Waals surface area contributed by atoms with Crippen molar-refractivity contribution in [2.75, 3.05) is 9.80 Å². The Bertz CT molecular complexity index is 3480. The van der Waals surface area contributed by atoms with Crippen LogP contribution in [0.4, 0.5) is 34.1 Å². The molecule has 1 spiro atoms. The van der Waals surface area contributed by atoms with Gasteiger partial charge in [0.25, 0.3) is 0 Å². The summed E-state index contributed by atoms with van der Waals surface area (Å²) in [6.45, 7) is 0. The molecule has 1 unspecified atom stereocenters. The minimum absolute atomic E-state index is 0.422. The molecule has 0 N–H and O–H groups in total. The Balaban J connectivity index is 0.931. The first-order chi connectivity index (χ1) is 32.3. The summed E-state index contributed by atoms with van der Waals surface area (Å²) in [5.74, 6) is 1.92. The van der Waals surface area contributed by atoms with Crippen molar-refractivity contribution >= 4 is 65.6 Å². The normalized spacial score (nSPS) is 15.6. The smallest absolute Gasteiger partial charge is 0.132 e. The van der Waals surface area contributed by atoms with Crippen molar-refractivity contribution in [2.45, 2.75) is 18.3 Å². The van der Waals surface area contributed by atoms with Gasteiger partial charge in [-0.2, -0.15) is 0 Å². The predicted octanol–water partition coefficient (Wildman–Crippen LogP) is 17.0. The van der Waals surface area contributed by atoms with E-state index in [1.54, 1.807) is 0 Å². The van der Waals surface area contributed by atoms with E-state index in [1.165, 1.54) is 70.4 Å². The van der Waals surface area contributed by atoms with Gasteiger partial charge in [-0.15, -0.1) is 11.3 Å². The van der Waals surface area contributed by atoms with Gasteiger partial charge in [-0.1, -0.05) is 152 Å². The van der Waals surface area contributed by atoms with Crippen molar-refractivity contribution in [1.29, 1.82) is 0 Å². The molecule has 4 heteroatoms. The second kappa shape index (κ2) is 15.1. The lowest BCUT2D eigenvalue weighted by Crippen LogP contribution is -2.35. The van der Waals surface area contributed by atoms with Crippen molar-refractivity contribution in [1.82, 2.24) is 0 Å². The van der Waals surface area contributed by atoms with Crippen LogP contribution < -0.4 is 14.5 Å². The van der Waals surface area contributed by atoms with Crippen molar-refractivity contribution in [3.8, 4) is 28.0 Å². The number of fused-ring (bicyclic) bond motifs is 11. The number of thiophene rings is 1. The number of para-hydroxylation sites is 4. The van der Waals surface area contributed by atoms with Gasteiger partial charge in [-0.25, -0.2) is 0 Å². The molecule has 0 saturated carbocycles. The standard InChI is InChI=1S/C61H42N2OS/c1-4-18-42(19-5-1)62(46-38-39-53-51(40-46)48-24-10-11-28-52(48)61(53)54-29-12-14-32-57(54)64-58-33-15-13-30-55(58)61)45-36-34-41(35-37-45)47-25-16-26-49-50-27-17-31-56(60(50)65-59(47)49)63(43-20-6-2-7-21-43)44-22-8-3-9-23-44/h1-12,14-29,31-40H,13,30H2. The maximum Gasteiger partial charge on any atom is 0.132 e. The van der Waals surface area contributed by atoms with E-state index in [0.717, 1.165) is 52.8 Å². The minimum atomic E-state index is -0.422. The molecule has 1 atom stereocenters. The summed E-state index contributed by atoms with van der Waals surface area (Å²) in [5, 5.41) is 2.54. The average molecular weight is 851 g/mol. The molecule has 0 radical (unpaired) electrons. The first-order valence-corrected chi connectivity index (χ1v) is 23.3. The van der Waals surface area contributed by atoms with Crippen LogP contribution in [-0.4, -0.2) is 0 Å². The highest BCUT2D eigenvalue weighted by molar-refractivity contribution is 7.27. The van der Waals surface area contributed by atoms with Gasteiger partial charge in [-0.05, 0) is 131 Å². The van der Waals surface area contributed by atoms with Crippen molar-refractivity contribution < 1.29 is 4.74 Å². The summed E-state index contributed by atoms with van der Waals surface area (Å²) in [7, 11) is 0. The van der Waals surface area contributed by atoms with Gasteiger partial charge in [0.05, 0.1) is 15.8 Å². The Labute approximate surface area is 383 Å². The van der Waals surface area contributed by atoms with Crippen LogP contribution in [-0.2, 0) is 5.41 Å². The fraction of sp³-hybridized carbons (Fsp3) is 0.0492. The molecule has 308 valence electrons. The van der Waals surface area contributed by atoms with Gasteiger partial charge >= 0.3 is 0 Å². The predicted molar refractivity (Wildman–Crippen MR) is 272 cm³/mol. The van der Waals surface area contributed by atoms with Crippen LogP contribution in [0.1, 0.15) is 29.5 Å². The Morgan fingerprint density at radius 1 is 0.431 bits per heavy atom. The van der Waals surface area contributed by atoms with Crippen LogP contribution in [0, 0.1) is 0 Å². The molecular weight excluding hydrogens is 809 g/mol. The SMILES string of the molecule is C1=CC2=C(CC1)C1(c3ccccc3O2)c2ccccc2-c2cc(N(c3ccccc3)c3ccc(-c4cccc5c4sc4c(N(c6ccccc6)c6ccccc6)cccc45)cc3)ccc21. The summed E-state index contributed by atoms with van der Waals surface area (Å²) in [4.78, 5) is 4.78. The van der Waals surface area contributed by atoms with Gasteiger partial charge in [-0.3, -0.25) is 0 Å². The average Bonchev–Trinajstić information content (AvgIpc) is 3.90. The third kappa shape index (κ3) is 5.81. The van der Waals surface area contributed by atoms with E-state index in [0.29, 0.717) is 0 Å². The molecule has 0 saturated heterocycles. The number of allylic oxidation sites excluding steroid dienone is 3. The van der Waals surface area contributed by atoms with Crippen LogP contribution in [0.2, 0.25) is 0 Å². The first kappa shape index (κ1) is 37.6. The number of anilines is 6. The summed E-state index contributed by atoms with van der Waals surface area (Å²) >= 11 is 1.88. The number of hydrogen-bond acceptors (Lipinski definition) is 4. The fourth-order valence-corrected chi connectivity index (χ4v) is 12.2. The third-order valence-corrected chi connectivity index (χ3v) is 14.9. The topological polar surface area (TPSA) is 15.7 Å². The second-order valence-electron chi connectivity index (χ2n) is 17.1. The molecule has 2 aliphatic carbocycles. The Morgan fingerprint density at radius 3 is 1.74 bits per heavy atom. The van der Waals surface area contributed by atoms with Crippen LogP contribution in [0.3, 0.4) is 0 Å². The maximum atomic E-state index is 6.64. The van der Waals surface area contributed by atoms with Crippen LogP contribution in [0.15, 0.2) is 242 Å². The van der Waals surface area contributed by atoms with Gasteiger partial charge in [0, 0.05) is 49.5 Å². The van der Waals surface area contributed by atoms with E-state index < -0.39 is 5.41 Å².